The summed E-state index contributed by atoms with van der Waals surface area (Å²) in [6.07, 6.45) is 8.17. The van der Waals surface area contributed by atoms with Crippen molar-refractivity contribution in [2.75, 3.05) is 13.1 Å². The lowest BCUT2D eigenvalue weighted by Crippen LogP contribution is -2.33. The van der Waals surface area contributed by atoms with Crippen LogP contribution >= 0.6 is 0 Å². The van der Waals surface area contributed by atoms with Crippen LogP contribution in [0.15, 0.2) is 53.8 Å². The number of allylic oxidation sites excluding steroid dienone is 3. The molecule has 5 N–H and O–H groups in total. The summed E-state index contributed by atoms with van der Waals surface area (Å²) >= 11 is 0. The maximum absolute atomic E-state index is 11.3. The van der Waals surface area contributed by atoms with Gasteiger partial charge in [-0.15, -0.1) is 0 Å². The Bertz CT molecular complexity index is 466. The van der Waals surface area contributed by atoms with Gasteiger partial charge in [0.1, 0.15) is 5.78 Å². The highest BCUT2D eigenvalue weighted by atomic mass is 16.1. The van der Waals surface area contributed by atoms with Gasteiger partial charge in [-0.05, 0) is 18.2 Å². The van der Waals surface area contributed by atoms with E-state index in [1.54, 1.807) is 18.2 Å². The summed E-state index contributed by atoms with van der Waals surface area (Å²) in [4.78, 5) is 13.4. The fourth-order valence-corrected chi connectivity index (χ4v) is 1.93. The van der Waals surface area contributed by atoms with Gasteiger partial charge in [-0.3, -0.25) is 4.79 Å². The van der Waals surface area contributed by atoms with Crippen LogP contribution in [0.2, 0.25) is 0 Å². The Labute approximate surface area is 119 Å². The molecular formula is C14H21N5O. The summed E-state index contributed by atoms with van der Waals surface area (Å²) in [7, 11) is 0. The van der Waals surface area contributed by atoms with Crippen LogP contribution in [0.4, 0.5) is 0 Å². The quantitative estimate of drug-likeness (QED) is 0.224. The van der Waals surface area contributed by atoms with Crippen molar-refractivity contribution in [3.05, 3.63) is 48.7 Å². The molecule has 1 heterocycles. The van der Waals surface area contributed by atoms with Crippen molar-refractivity contribution in [2.45, 2.75) is 12.8 Å². The SMILES string of the molecule is C=CC(=C\C=C(/C=C)N1CCC(=O)CC1)/C(=N/N)NN. The van der Waals surface area contributed by atoms with E-state index in [-0.39, 0.29) is 0 Å². The van der Waals surface area contributed by atoms with Crippen LogP contribution in [0, 0.1) is 0 Å². The lowest BCUT2D eigenvalue weighted by Gasteiger charge is -2.28. The lowest BCUT2D eigenvalue weighted by molar-refractivity contribution is -0.121. The van der Waals surface area contributed by atoms with Crippen LogP contribution in [0.1, 0.15) is 12.8 Å². The van der Waals surface area contributed by atoms with Crippen molar-refractivity contribution in [3.8, 4) is 0 Å². The van der Waals surface area contributed by atoms with Crippen LogP contribution in [0.5, 0.6) is 0 Å². The van der Waals surface area contributed by atoms with Crippen LogP contribution in [-0.2, 0) is 4.79 Å². The maximum Gasteiger partial charge on any atom is 0.166 e. The van der Waals surface area contributed by atoms with Crippen molar-refractivity contribution in [3.63, 3.8) is 0 Å². The monoisotopic (exact) mass is 275 g/mol. The van der Waals surface area contributed by atoms with E-state index in [2.05, 4.69) is 28.6 Å². The average Bonchev–Trinajstić information content (AvgIpc) is 2.48. The number of Topliss-reactive ketones (excluding diaryl/α,β-unsaturated/α-hetero) is 1. The predicted octanol–water partition coefficient (Wildman–Crippen LogP) is 0.569. The first-order valence-electron chi connectivity index (χ1n) is 6.34. The zero-order chi connectivity index (χ0) is 15.0. The first kappa shape index (κ1) is 15.7. The lowest BCUT2D eigenvalue weighted by atomic mass is 10.1. The van der Waals surface area contributed by atoms with E-state index in [1.807, 2.05) is 6.08 Å². The zero-order valence-corrected chi connectivity index (χ0v) is 11.5. The number of carbonyl (C=O) groups is 1. The second-order valence-corrected chi connectivity index (χ2v) is 4.27. The standard InChI is InChI=1S/C14H21N5O/c1-3-11(14(17-15)18-16)5-6-12(4-2)19-9-7-13(20)8-10-19/h3-6H,1-2,7-10,15-16H2,(H,17,18)/b11-5+,12-6+. The highest BCUT2D eigenvalue weighted by Gasteiger charge is 2.16. The molecule has 1 saturated heterocycles. The predicted molar refractivity (Wildman–Crippen MR) is 81.3 cm³/mol. The van der Waals surface area contributed by atoms with E-state index < -0.39 is 0 Å². The van der Waals surface area contributed by atoms with Crippen molar-refractivity contribution < 1.29 is 4.79 Å². The summed E-state index contributed by atoms with van der Waals surface area (Å²) in [5.41, 5.74) is 4.01. The molecule has 0 aromatic rings. The van der Waals surface area contributed by atoms with Crippen molar-refractivity contribution in [1.82, 2.24) is 10.3 Å². The van der Waals surface area contributed by atoms with Crippen LogP contribution in [0.3, 0.4) is 0 Å². The molecule has 0 aromatic heterocycles. The first-order valence-corrected chi connectivity index (χ1v) is 6.34. The number of hydrazone groups is 1. The smallest absolute Gasteiger partial charge is 0.166 e. The van der Waals surface area contributed by atoms with Crippen molar-refractivity contribution in [2.24, 2.45) is 16.8 Å². The Hall–Kier alpha value is -2.34. The molecule has 20 heavy (non-hydrogen) atoms. The number of amidine groups is 1. The number of nitrogens with one attached hydrogen (secondary N) is 1. The Balaban J connectivity index is 2.90. The van der Waals surface area contributed by atoms with Gasteiger partial charge >= 0.3 is 0 Å². The molecule has 6 nitrogen and oxygen atoms in total. The van der Waals surface area contributed by atoms with Gasteiger partial charge in [0.05, 0.1) is 0 Å². The Morgan fingerprint density at radius 3 is 2.35 bits per heavy atom. The molecule has 0 radical (unpaired) electrons. The zero-order valence-electron chi connectivity index (χ0n) is 11.5. The molecule has 0 unspecified atom stereocenters. The summed E-state index contributed by atoms with van der Waals surface area (Å²) in [6.45, 7) is 8.91. The molecule has 1 fully saturated rings. The molecular weight excluding hydrogens is 254 g/mol. The van der Waals surface area contributed by atoms with E-state index >= 15 is 0 Å². The number of nitrogens with two attached hydrogens (primary N) is 2. The Morgan fingerprint density at radius 2 is 1.90 bits per heavy atom. The molecule has 0 bridgehead atoms. The number of hydrogen-bond acceptors (Lipinski definition) is 5. The van der Waals surface area contributed by atoms with Crippen LogP contribution < -0.4 is 17.1 Å². The third kappa shape index (κ3) is 4.10. The highest BCUT2D eigenvalue weighted by molar-refractivity contribution is 6.00. The number of hydrogen-bond donors (Lipinski definition) is 3. The third-order valence-corrected chi connectivity index (χ3v) is 3.09. The van der Waals surface area contributed by atoms with Gasteiger partial charge in [-0.1, -0.05) is 19.2 Å². The topological polar surface area (TPSA) is 96.7 Å². The number of carbonyl (C=O) groups excluding carboxylic acids is 1. The number of likely N-dealkylation sites (tertiary alicyclic amines) is 1. The largest absolute Gasteiger partial charge is 0.371 e. The average molecular weight is 275 g/mol. The van der Waals surface area contributed by atoms with Crippen LogP contribution in [-0.4, -0.2) is 29.6 Å². The fourth-order valence-electron chi connectivity index (χ4n) is 1.93. The number of piperidine rings is 1. The molecule has 6 heteroatoms. The summed E-state index contributed by atoms with van der Waals surface area (Å²) in [5.74, 6) is 11.2. The van der Waals surface area contributed by atoms with Gasteiger partial charge in [0.2, 0.25) is 0 Å². The summed E-state index contributed by atoms with van der Waals surface area (Å²) in [6, 6.07) is 0. The van der Waals surface area contributed by atoms with E-state index in [0.717, 1.165) is 5.70 Å². The van der Waals surface area contributed by atoms with Gasteiger partial charge in [0, 0.05) is 37.2 Å². The van der Waals surface area contributed by atoms with Gasteiger partial charge in [0.15, 0.2) is 5.84 Å². The van der Waals surface area contributed by atoms with Crippen molar-refractivity contribution >= 4 is 11.6 Å². The molecule has 1 aliphatic rings. The van der Waals surface area contributed by atoms with Crippen molar-refractivity contribution in [1.29, 1.82) is 0 Å². The summed E-state index contributed by atoms with van der Waals surface area (Å²) in [5, 5.41) is 3.53. The van der Waals surface area contributed by atoms with E-state index in [1.165, 1.54) is 0 Å². The second-order valence-electron chi connectivity index (χ2n) is 4.27. The minimum absolute atomic E-state index is 0.303. The van der Waals surface area contributed by atoms with Gasteiger partial charge in [-0.2, -0.15) is 5.10 Å². The Kier molecular flexibility index (Phi) is 6.25. The van der Waals surface area contributed by atoms with E-state index in [0.29, 0.717) is 43.1 Å². The normalized spacial score (nSPS) is 17.9. The minimum Gasteiger partial charge on any atom is -0.371 e. The molecule has 0 saturated carbocycles. The number of rotatable bonds is 5. The second kappa shape index (κ2) is 7.96. The molecule has 1 aliphatic heterocycles. The van der Waals surface area contributed by atoms with E-state index in [9.17, 15) is 4.79 Å². The minimum atomic E-state index is 0.303. The molecule has 0 aliphatic carbocycles. The van der Waals surface area contributed by atoms with Crippen LogP contribution in [0.25, 0.3) is 0 Å². The first-order chi connectivity index (χ1) is 9.65. The van der Waals surface area contributed by atoms with Gasteiger partial charge < -0.3 is 16.2 Å². The highest BCUT2D eigenvalue weighted by Crippen LogP contribution is 2.14. The number of ketones is 1. The number of nitrogens with zero attached hydrogens (tertiary/aromatic N) is 2. The Morgan fingerprint density at radius 1 is 1.25 bits per heavy atom. The third-order valence-electron chi connectivity index (χ3n) is 3.09. The van der Waals surface area contributed by atoms with E-state index in [4.69, 9.17) is 11.7 Å². The molecule has 108 valence electrons. The molecule has 0 atom stereocenters. The maximum atomic E-state index is 11.3. The van der Waals surface area contributed by atoms with Gasteiger partial charge in [-0.25, -0.2) is 5.84 Å². The number of hydrazine groups is 1. The fraction of sp³-hybridized carbons (Fsp3) is 0.286. The molecule has 0 aromatic carbocycles. The van der Waals surface area contributed by atoms with Gasteiger partial charge in [0.25, 0.3) is 0 Å². The molecule has 0 amide bonds. The molecule has 1 rings (SSSR count). The molecule has 0 spiro atoms. The summed E-state index contributed by atoms with van der Waals surface area (Å²) < 4.78 is 0.